The van der Waals surface area contributed by atoms with Gasteiger partial charge in [-0.15, -0.1) is 0 Å². The minimum atomic E-state index is -0.328. The summed E-state index contributed by atoms with van der Waals surface area (Å²) in [6.07, 6.45) is 6.23. The van der Waals surface area contributed by atoms with Crippen LogP contribution in [0.25, 0.3) is 0 Å². The predicted octanol–water partition coefficient (Wildman–Crippen LogP) is 3.68. The van der Waals surface area contributed by atoms with Gasteiger partial charge in [0.1, 0.15) is 0 Å². The van der Waals surface area contributed by atoms with Crippen molar-refractivity contribution in [2.45, 2.75) is 56.7 Å². The molecule has 4 nitrogen and oxygen atoms in total. The molecular weight excluding hydrogens is 346 g/mol. The first-order valence-corrected chi connectivity index (χ1v) is 10.6. The van der Waals surface area contributed by atoms with E-state index < -0.39 is 0 Å². The van der Waals surface area contributed by atoms with E-state index in [4.69, 9.17) is 5.73 Å². The quantitative estimate of drug-likeness (QED) is 0.690. The summed E-state index contributed by atoms with van der Waals surface area (Å²) in [6, 6.07) is 19.9. The average Bonchev–Trinajstić information content (AvgIpc) is 2.95. The van der Waals surface area contributed by atoms with Crippen LogP contribution in [-0.4, -0.2) is 36.0 Å². The fourth-order valence-electron chi connectivity index (χ4n) is 5.07. The molecule has 2 fully saturated rings. The van der Waals surface area contributed by atoms with E-state index in [1.54, 1.807) is 0 Å². The van der Waals surface area contributed by atoms with E-state index in [1.807, 2.05) is 18.2 Å². The number of benzene rings is 2. The zero-order valence-corrected chi connectivity index (χ0v) is 16.5. The SMILES string of the molecule is NC(=O)c1cccc(C2CC3CCC(C2)N3CCCNCc2ccccc2)c1. The number of hydrogen-bond donors (Lipinski definition) is 2. The summed E-state index contributed by atoms with van der Waals surface area (Å²) in [4.78, 5) is 14.2. The highest BCUT2D eigenvalue weighted by atomic mass is 16.1. The molecule has 4 heteroatoms. The van der Waals surface area contributed by atoms with Crippen molar-refractivity contribution in [2.75, 3.05) is 13.1 Å². The summed E-state index contributed by atoms with van der Waals surface area (Å²) in [5.74, 6) is 0.231. The minimum Gasteiger partial charge on any atom is -0.366 e. The molecule has 3 N–H and O–H groups in total. The molecule has 28 heavy (non-hydrogen) atoms. The van der Waals surface area contributed by atoms with Crippen LogP contribution in [0.3, 0.4) is 0 Å². The lowest BCUT2D eigenvalue weighted by Crippen LogP contribution is -2.43. The molecule has 0 saturated carbocycles. The van der Waals surface area contributed by atoms with E-state index in [9.17, 15) is 4.79 Å². The van der Waals surface area contributed by atoms with Crippen LogP contribution in [0.4, 0.5) is 0 Å². The Labute approximate surface area is 168 Å². The van der Waals surface area contributed by atoms with Crippen LogP contribution in [0.5, 0.6) is 0 Å². The van der Waals surface area contributed by atoms with E-state index in [1.165, 1.54) is 49.8 Å². The van der Waals surface area contributed by atoms with Crippen molar-refractivity contribution in [3.63, 3.8) is 0 Å². The average molecular weight is 378 g/mol. The third kappa shape index (κ3) is 4.45. The summed E-state index contributed by atoms with van der Waals surface area (Å²) >= 11 is 0. The minimum absolute atomic E-state index is 0.328. The fourth-order valence-corrected chi connectivity index (χ4v) is 5.07. The maximum atomic E-state index is 11.5. The van der Waals surface area contributed by atoms with E-state index in [2.05, 4.69) is 46.6 Å². The largest absolute Gasteiger partial charge is 0.366 e. The first-order valence-electron chi connectivity index (χ1n) is 10.6. The molecule has 2 aromatic rings. The van der Waals surface area contributed by atoms with Crippen LogP contribution >= 0.6 is 0 Å². The van der Waals surface area contributed by atoms with E-state index >= 15 is 0 Å². The van der Waals surface area contributed by atoms with Crippen molar-refractivity contribution >= 4 is 5.91 Å². The third-order valence-corrected chi connectivity index (χ3v) is 6.47. The number of primary amides is 1. The van der Waals surface area contributed by atoms with Crippen LogP contribution in [0.2, 0.25) is 0 Å². The number of nitrogens with two attached hydrogens (primary N) is 1. The molecule has 2 atom stereocenters. The van der Waals surface area contributed by atoms with Gasteiger partial charge < -0.3 is 11.1 Å². The van der Waals surface area contributed by atoms with Crippen molar-refractivity contribution in [2.24, 2.45) is 5.73 Å². The summed E-state index contributed by atoms with van der Waals surface area (Å²) in [5, 5.41) is 3.57. The number of hydrogen-bond acceptors (Lipinski definition) is 3. The van der Waals surface area contributed by atoms with Crippen molar-refractivity contribution in [1.82, 2.24) is 10.2 Å². The second-order valence-electron chi connectivity index (χ2n) is 8.30. The number of rotatable bonds is 8. The van der Waals surface area contributed by atoms with E-state index in [-0.39, 0.29) is 5.91 Å². The second-order valence-corrected chi connectivity index (χ2v) is 8.30. The van der Waals surface area contributed by atoms with Gasteiger partial charge in [-0.3, -0.25) is 9.69 Å². The molecule has 0 aliphatic carbocycles. The van der Waals surface area contributed by atoms with Crippen LogP contribution < -0.4 is 11.1 Å². The number of carbonyl (C=O) groups excluding carboxylic acids is 1. The van der Waals surface area contributed by atoms with Crippen molar-refractivity contribution < 1.29 is 4.79 Å². The number of carbonyl (C=O) groups is 1. The van der Waals surface area contributed by atoms with Gasteiger partial charge in [-0.2, -0.15) is 0 Å². The molecule has 0 aromatic heterocycles. The molecule has 2 unspecified atom stereocenters. The standard InChI is InChI=1S/C24H31N3O/c25-24(28)20-9-4-8-19(14-20)21-15-22-10-11-23(16-21)27(22)13-5-12-26-17-18-6-2-1-3-7-18/h1-4,6-9,14,21-23,26H,5,10-13,15-17H2,(H2,25,28). The Morgan fingerprint density at radius 1 is 1.04 bits per heavy atom. The van der Waals surface area contributed by atoms with Crippen molar-refractivity contribution in [1.29, 1.82) is 0 Å². The Morgan fingerprint density at radius 2 is 1.79 bits per heavy atom. The van der Waals surface area contributed by atoms with Gasteiger partial charge in [0, 0.05) is 24.2 Å². The summed E-state index contributed by atoms with van der Waals surface area (Å²) in [7, 11) is 0. The molecule has 2 bridgehead atoms. The smallest absolute Gasteiger partial charge is 0.248 e. The number of fused-ring (bicyclic) bond motifs is 2. The maximum Gasteiger partial charge on any atom is 0.248 e. The molecule has 2 heterocycles. The Balaban J connectivity index is 1.26. The molecule has 2 aliphatic heterocycles. The Hall–Kier alpha value is -2.17. The number of nitrogens with one attached hydrogen (secondary N) is 1. The van der Waals surface area contributed by atoms with Crippen LogP contribution in [-0.2, 0) is 6.54 Å². The fraction of sp³-hybridized carbons (Fsp3) is 0.458. The van der Waals surface area contributed by atoms with Gasteiger partial charge in [-0.05, 0) is 74.4 Å². The summed E-state index contributed by atoms with van der Waals surface area (Å²) in [6.45, 7) is 3.20. The lowest BCUT2D eigenvalue weighted by Gasteiger charge is -2.39. The van der Waals surface area contributed by atoms with Crippen molar-refractivity contribution in [3.8, 4) is 0 Å². The Kier molecular flexibility index (Phi) is 6.08. The molecule has 1 amide bonds. The van der Waals surface area contributed by atoms with E-state index in [0.29, 0.717) is 23.6 Å². The molecule has 4 rings (SSSR count). The van der Waals surface area contributed by atoms with Gasteiger partial charge in [0.25, 0.3) is 0 Å². The van der Waals surface area contributed by atoms with E-state index in [0.717, 1.165) is 13.1 Å². The molecule has 2 saturated heterocycles. The van der Waals surface area contributed by atoms with Crippen LogP contribution in [0.15, 0.2) is 54.6 Å². The van der Waals surface area contributed by atoms with Crippen LogP contribution in [0, 0.1) is 0 Å². The third-order valence-electron chi connectivity index (χ3n) is 6.47. The second kappa shape index (κ2) is 8.89. The highest BCUT2D eigenvalue weighted by Crippen LogP contribution is 2.43. The molecule has 2 aliphatic rings. The van der Waals surface area contributed by atoms with Gasteiger partial charge in [-0.1, -0.05) is 42.5 Å². The number of piperidine rings is 1. The molecule has 148 valence electrons. The zero-order chi connectivity index (χ0) is 19.3. The maximum absolute atomic E-state index is 11.5. The lowest BCUT2D eigenvalue weighted by atomic mass is 9.84. The molecule has 2 aromatic carbocycles. The monoisotopic (exact) mass is 377 g/mol. The predicted molar refractivity (Wildman–Crippen MR) is 113 cm³/mol. The van der Waals surface area contributed by atoms with Crippen LogP contribution in [0.1, 0.15) is 59.5 Å². The topological polar surface area (TPSA) is 58.4 Å². The highest BCUT2D eigenvalue weighted by molar-refractivity contribution is 5.92. The number of amides is 1. The molecule has 0 spiro atoms. The zero-order valence-electron chi connectivity index (χ0n) is 16.5. The van der Waals surface area contributed by atoms with Crippen molar-refractivity contribution in [3.05, 3.63) is 71.3 Å². The van der Waals surface area contributed by atoms with Gasteiger partial charge in [0.15, 0.2) is 0 Å². The Morgan fingerprint density at radius 3 is 2.50 bits per heavy atom. The van der Waals surface area contributed by atoms with Gasteiger partial charge in [-0.25, -0.2) is 0 Å². The number of nitrogens with zero attached hydrogens (tertiary/aromatic N) is 1. The lowest BCUT2D eigenvalue weighted by molar-refractivity contribution is 0.1000. The Bertz CT molecular complexity index is 777. The first kappa shape index (κ1) is 19.2. The summed E-state index contributed by atoms with van der Waals surface area (Å²) in [5.41, 5.74) is 8.74. The van der Waals surface area contributed by atoms with Gasteiger partial charge >= 0.3 is 0 Å². The first-order chi connectivity index (χ1) is 13.7. The molecule has 0 radical (unpaired) electrons. The molecular formula is C24H31N3O. The van der Waals surface area contributed by atoms with Gasteiger partial charge in [0.2, 0.25) is 5.91 Å². The van der Waals surface area contributed by atoms with Gasteiger partial charge in [0.05, 0.1) is 0 Å². The normalized spacial score (nSPS) is 24.4. The summed E-state index contributed by atoms with van der Waals surface area (Å²) < 4.78 is 0. The highest BCUT2D eigenvalue weighted by Gasteiger charge is 2.40.